The Morgan fingerprint density at radius 2 is 1.97 bits per heavy atom. The molecule has 0 spiro atoms. The smallest absolute Gasteiger partial charge is 0.268 e. The number of carbonyl (C=O) groups excluding carboxylic acids is 2. The number of carbonyl (C=O) groups is 2. The molecule has 7 nitrogen and oxygen atoms in total. The van der Waals surface area contributed by atoms with Crippen LogP contribution in [-0.2, 0) is 18.3 Å². The fraction of sp³-hybridized carbons (Fsp3) is 0.174. The summed E-state index contributed by atoms with van der Waals surface area (Å²) in [6.45, 7) is 0. The lowest BCUT2D eigenvalue weighted by Gasteiger charge is -2.18. The van der Waals surface area contributed by atoms with E-state index < -0.39 is 6.04 Å². The third kappa shape index (κ3) is 4.59. The first kappa shape index (κ1) is 20.6. The minimum atomic E-state index is -0.758. The zero-order chi connectivity index (χ0) is 21.8. The van der Waals surface area contributed by atoms with Crippen LogP contribution in [0.3, 0.4) is 0 Å². The number of hydrogen-bond acceptors (Lipinski definition) is 5. The quantitative estimate of drug-likeness (QED) is 0.465. The number of anilines is 1. The van der Waals surface area contributed by atoms with Crippen molar-refractivity contribution in [3.05, 3.63) is 77.4 Å². The Labute approximate surface area is 183 Å². The van der Waals surface area contributed by atoms with Crippen molar-refractivity contribution in [3.63, 3.8) is 0 Å². The van der Waals surface area contributed by atoms with E-state index in [4.69, 9.17) is 4.74 Å². The number of fused-ring (bicyclic) bond motifs is 1. The maximum Gasteiger partial charge on any atom is 0.268 e. The second-order valence-electron chi connectivity index (χ2n) is 7.06. The van der Waals surface area contributed by atoms with Gasteiger partial charge in [0, 0.05) is 35.9 Å². The second kappa shape index (κ2) is 9.01. The number of benzene rings is 2. The van der Waals surface area contributed by atoms with Gasteiger partial charge in [-0.1, -0.05) is 30.3 Å². The minimum Gasteiger partial charge on any atom is -0.497 e. The molecule has 2 aromatic heterocycles. The highest BCUT2D eigenvalue weighted by Crippen LogP contribution is 2.24. The van der Waals surface area contributed by atoms with Gasteiger partial charge in [-0.15, -0.1) is 11.3 Å². The molecule has 2 amide bonds. The summed E-state index contributed by atoms with van der Waals surface area (Å²) in [7, 11) is 3.43. The largest absolute Gasteiger partial charge is 0.497 e. The maximum absolute atomic E-state index is 13.1. The van der Waals surface area contributed by atoms with Crippen molar-refractivity contribution in [3.8, 4) is 5.75 Å². The van der Waals surface area contributed by atoms with Gasteiger partial charge in [0.25, 0.3) is 5.91 Å². The van der Waals surface area contributed by atoms with Crippen molar-refractivity contribution >= 4 is 39.2 Å². The Bertz CT molecular complexity index is 1200. The van der Waals surface area contributed by atoms with Gasteiger partial charge in [0.05, 0.1) is 7.11 Å². The molecule has 0 aliphatic carbocycles. The molecule has 31 heavy (non-hydrogen) atoms. The lowest BCUT2D eigenvalue weighted by Crippen LogP contribution is -2.45. The summed E-state index contributed by atoms with van der Waals surface area (Å²) in [4.78, 5) is 30.2. The van der Waals surface area contributed by atoms with Gasteiger partial charge in [-0.25, -0.2) is 4.98 Å². The summed E-state index contributed by atoms with van der Waals surface area (Å²) >= 11 is 1.33. The molecule has 2 heterocycles. The van der Waals surface area contributed by atoms with Gasteiger partial charge in [-0.05, 0) is 29.8 Å². The standard InChI is InChI=1S/C23H22N4O3S/c1-27-19-9-8-17(30-2)13-16(19)14-20(27)22(29)25-18(12-15-6-4-3-5-7-15)21(28)26-23-24-10-11-31-23/h3-11,13-14,18H,12H2,1-2H3,(H,25,29)(H,24,26,28)/t18-/m0/s1. The Hall–Kier alpha value is -3.65. The normalized spacial score (nSPS) is 11.8. The van der Waals surface area contributed by atoms with Gasteiger partial charge in [-0.2, -0.15) is 0 Å². The SMILES string of the molecule is COc1ccc2c(c1)cc(C(=O)N[C@@H](Cc1ccccc1)C(=O)Nc1nccs1)n2C. The van der Waals surface area contributed by atoms with E-state index in [1.165, 1.54) is 11.3 Å². The fourth-order valence-corrected chi connectivity index (χ4v) is 3.97. The van der Waals surface area contributed by atoms with E-state index in [0.29, 0.717) is 17.2 Å². The monoisotopic (exact) mass is 434 g/mol. The van der Waals surface area contributed by atoms with E-state index >= 15 is 0 Å². The average molecular weight is 435 g/mol. The van der Waals surface area contributed by atoms with Crippen molar-refractivity contribution in [2.75, 3.05) is 12.4 Å². The molecule has 8 heteroatoms. The maximum atomic E-state index is 13.1. The highest BCUT2D eigenvalue weighted by molar-refractivity contribution is 7.13. The van der Waals surface area contributed by atoms with Crippen LogP contribution >= 0.6 is 11.3 Å². The number of nitrogens with zero attached hydrogens (tertiary/aromatic N) is 2. The van der Waals surface area contributed by atoms with Crippen LogP contribution in [0, 0.1) is 0 Å². The van der Waals surface area contributed by atoms with Crippen LogP contribution in [0.4, 0.5) is 5.13 Å². The van der Waals surface area contributed by atoms with Crippen LogP contribution in [0.2, 0.25) is 0 Å². The summed E-state index contributed by atoms with van der Waals surface area (Å²) in [5, 5.41) is 8.85. The molecule has 0 unspecified atom stereocenters. The van der Waals surface area contributed by atoms with E-state index in [-0.39, 0.29) is 11.8 Å². The number of amides is 2. The molecular formula is C23H22N4O3S. The van der Waals surface area contributed by atoms with Crippen molar-refractivity contribution in [2.45, 2.75) is 12.5 Å². The number of nitrogens with one attached hydrogen (secondary N) is 2. The zero-order valence-electron chi connectivity index (χ0n) is 17.2. The highest BCUT2D eigenvalue weighted by atomic mass is 32.1. The number of methoxy groups -OCH3 is 1. The summed E-state index contributed by atoms with van der Waals surface area (Å²) in [6, 6.07) is 16.3. The molecular weight excluding hydrogens is 412 g/mol. The van der Waals surface area contributed by atoms with E-state index in [9.17, 15) is 9.59 Å². The second-order valence-corrected chi connectivity index (χ2v) is 7.95. The van der Waals surface area contributed by atoms with Crippen molar-refractivity contribution in [1.29, 1.82) is 0 Å². The van der Waals surface area contributed by atoms with E-state index in [1.807, 2.05) is 60.1 Å². The summed E-state index contributed by atoms with van der Waals surface area (Å²) in [6.07, 6.45) is 1.98. The van der Waals surface area contributed by atoms with Crippen molar-refractivity contribution in [2.24, 2.45) is 7.05 Å². The summed E-state index contributed by atoms with van der Waals surface area (Å²) in [5.74, 6) is 0.0790. The van der Waals surface area contributed by atoms with Crippen molar-refractivity contribution in [1.82, 2.24) is 14.9 Å². The minimum absolute atomic E-state index is 0.312. The zero-order valence-corrected chi connectivity index (χ0v) is 18.0. The van der Waals surface area contributed by atoms with Crippen LogP contribution < -0.4 is 15.4 Å². The molecule has 2 N–H and O–H groups in total. The summed E-state index contributed by atoms with van der Waals surface area (Å²) in [5.41, 5.74) is 2.31. The van der Waals surface area contributed by atoms with Crippen molar-refractivity contribution < 1.29 is 14.3 Å². The highest BCUT2D eigenvalue weighted by Gasteiger charge is 2.24. The first-order valence-electron chi connectivity index (χ1n) is 9.74. The lowest BCUT2D eigenvalue weighted by atomic mass is 10.1. The predicted octanol–water partition coefficient (Wildman–Crippen LogP) is 3.62. The molecule has 0 fully saturated rings. The molecule has 0 saturated heterocycles. The van der Waals surface area contributed by atoms with Gasteiger partial charge >= 0.3 is 0 Å². The molecule has 158 valence electrons. The molecule has 1 atom stereocenters. The lowest BCUT2D eigenvalue weighted by molar-refractivity contribution is -0.118. The molecule has 0 radical (unpaired) electrons. The van der Waals surface area contributed by atoms with Crippen LogP contribution in [0.25, 0.3) is 10.9 Å². The number of aryl methyl sites for hydroxylation is 1. The van der Waals surface area contributed by atoms with Crippen LogP contribution in [0.5, 0.6) is 5.75 Å². The first-order valence-corrected chi connectivity index (χ1v) is 10.6. The van der Waals surface area contributed by atoms with Crippen LogP contribution in [-0.4, -0.2) is 34.5 Å². The third-order valence-electron chi connectivity index (χ3n) is 5.05. The van der Waals surface area contributed by atoms with Crippen LogP contribution in [0.15, 0.2) is 66.2 Å². The number of hydrogen-bond donors (Lipinski definition) is 2. The van der Waals surface area contributed by atoms with Gasteiger partial charge < -0.3 is 19.9 Å². The van der Waals surface area contributed by atoms with Gasteiger partial charge in [0.1, 0.15) is 17.5 Å². The average Bonchev–Trinajstić information content (AvgIpc) is 3.41. The number of ether oxygens (including phenoxy) is 1. The Morgan fingerprint density at radius 3 is 2.68 bits per heavy atom. The Balaban J connectivity index is 1.59. The van der Waals surface area contributed by atoms with E-state index in [2.05, 4.69) is 15.6 Å². The van der Waals surface area contributed by atoms with Crippen LogP contribution in [0.1, 0.15) is 16.1 Å². The summed E-state index contributed by atoms with van der Waals surface area (Å²) < 4.78 is 7.08. The van der Waals surface area contributed by atoms with E-state index in [1.54, 1.807) is 24.8 Å². The Morgan fingerprint density at radius 1 is 1.16 bits per heavy atom. The molecule has 0 aliphatic rings. The molecule has 4 aromatic rings. The first-order chi connectivity index (χ1) is 15.0. The number of thiazole rings is 1. The third-order valence-corrected chi connectivity index (χ3v) is 5.74. The topological polar surface area (TPSA) is 85.2 Å². The molecule has 0 bridgehead atoms. The van der Waals surface area contributed by atoms with E-state index in [0.717, 1.165) is 22.2 Å². The Kier molecular flexibility index (Phi) is 5.99. The number of aromatic nitrogens is 2. The molecule has 2 aromatic carbocycles. The van der Waals surface area contributed by atoms with Gasteiger partial charge in [-0.3, -0.25) is 9.59 Å². The molecule has 4 rings (SSSR count). The number of rotatable bonds is 7. The molecule has 0 saturated carbocycles. The van der Waals surface area contributed by atoms with Gasteiger partial charge in [0.15, 0.2) is 5.13 Å². The molecule has 0 aliphatic heterocycles. The fourth-order valence-electron chi connectivity index (χ4n) is 3.44. The predicted molar refractivity (Wildman–Crippen MR) is 122 cm³/mol. The van der Waals surface area contributed by atoms with Gasteiger partial charge in [0.2, 0.25) is 5.91 Å².